The number of nitrogens with two attached hydrogens (primary N) is 1. The Balaban J connectivity index is 2.04. The van der Waals surface area contributed by atoms with Crippen LogP contribution in [0.2, 0.25) is 0 Å². The molecule has 2 rings (SSSR count). The van der Waals surface area contributed by atoms with E-state index in [4.69, 9.17) is 10.5 Å². The number of hydrogen-bond donors (Lipinski definition) is 2. The third kappa shape index (κ3) is 4.13. The third-order valence-electron chi connectivity index (χ3n) is 4.17. The Bertz CT molecular complexity index is 488. The molecule has 2 unspecified atom stereocenters. The van der Waals surface area contributed by atoms with Crippen LogP contribution < -0.4 is 15.8 Å². The van der Waals surface area contributed by atoms with Crippen molar-refractivity contribution >= 4 is 11.6 Å². The molecule has 0 radical (unpaired) electrons. The lowest BCUT2D eigenvalue weighted by atomic mass is 9.86. The fourth-order valence-electron chi connectivity index (χ4n) is 2.80. The van der Waals surface area contributed by atoms with Gasteiger partial charge in [-0.1, -0.05) is 26.7 Å². The number of anilines is 1. The number of carbonyl (C=O) groups is 1. The van der Waals surface area contributed by atoms with Crippen molar-refractivity contribution in [2.75, 3.05) is 12.3 Å². The molecule has 1 aliphatic rings. The second-order valence-electron chi connectivity index (χ2n) is 5.94. The van der Waals surface area contributed by atoms with Crippen LogP contribution in [0.4, 0.5) is 5.69 Å². The van der Waals surface area contributed by atoms with E-state index in [-0.39, 0.29) is 11.9 Å². The van der Waals surface area contributed by atoms with Gasteiger partial charge in [-0.15, -0.1) is 0 Å². The Labute approximate surface area is 127 Å². The van der Waals surface area contributed by atoms with Crippen molar-refractivity contribution in [3.63, 3.8) is 0 Å². The Morgan fingerprint density at radius 3 is 2.86 bits per heavy atom. The molecule has 116 valence electrons. The van der Waals surface area contributed by atoms with Gasteiger partial charge >= 0.3 is 0 Å². The monoisotopic (exact) mass is 290 g/mol. The molecule has 1 amide bonds. The van der Waals surface area contributed by atoms with Crippen LogP contribution in [-0.2, 0) is 0 Å². The SMILES string of the molecule is CCCOc1cc(C(=O)NC2CCCCC2C)ccc1N. The normalized spacial score (nSPS) is 21.8. The van der Waals surface area contributed by atoms with Crippen molar-refractivity contribution in [3.8, 4) is 5.75 Å². The van der Waals surface area contributed by atoms with E-state index >= 15 is 0 Å². The molecule has 0 aliphatic heterocycles. The lowest BCUT2D eigenvalue weighted by Gasteiger charge is -2.29. The molecule has 0 bridgehead atoms. The van der Waals surface area contributed by atoms with Gasteiger partial charge in [0, 0.05) is 11.6 Å². The molecular weight excluding hydrogens is 264 g/mol. The summed E-state index contributed by atoms with van der Waals surface area (Å²) in [5.74, 6) is 1.11. The first-order valence-corrected chi connectivity index (χ1v) is 7.95. The van der Waals surface area contributed by atoms with Crippen molar-refractivity contribution in [3.05, 3.63) is 23.8 Å². The predicted molar refractivity (Wildman–Crippen MR) is 85.5 cm³/mol. The largest absolute Gasteiger partial charge is 0.491 e. The maximum atomic E-state index is 12.4. The maximum absolute atomic E-state index is 12.4. The zero-order valence-corrected chi connectivity index (χ0v) is 13.0. The molecular formula is C17H26N2O2. The number of rotatable bonds is 5. The number of hydrogen-bond acceptors (Lipinski definition) is 3. The molecule has 1 saturated carbocycles. The number of benzene rings is 1. The van der Waals surface area contributed by atoms with E-state index in [1.54, 1.807) is 18.2 Å². The number of amides is 1. The minimum absolute atomic E-state index is 0.0323. The van der Waals surface area contributed by atoms with E-state index in [0.29, 0.717) is 29.5 Å². The minimum Gasteiger partial charge on any atom is -0.491 e. The first-order valence-electron chi connectivity index (χ1n) is 7.95. The summed E-state index contributed by atoms with van der Waals surface area (Å²) in [6.07, 6.45) is 5.64. The second-order valence-corrected chi connectivity index (χ2v) is 5.94. The van der Waals surface area contributed by atoms with E-state index in [2.05, 4.69) is 12.2 Å². The molecule has 3 N–H and O–H groups in total. The summed E-state index contributed by atoms with van der Waals surface area (Å²) in [6, 6.07) is 5.53. The molecule has 0 saturated heterocycles. The fourth-order valence-corrected chi connectivity index (χ4v) is 2.80. The van der Waals surface area contributed by atoms with Crippen LogP contribution in [-0.4, -0.2) is 18.6 Å². The van der Waals surface area contributed by atoms with Crippen molar-refractivity contribution in [1.29, 1.82) is 0 Å². The van der Waals surface area contributed by atoms with Gasteiger partial charge in [0.1, 0.15) is 5.75 Å². The smallest absolute Gasteiger partial charge is 0.251 e. The number of nitrogens with one attached hydrogen (secondary N) is 1. The molecule has 4 heteroatoms. The zero-order chi connectivity index (χ0) is 15.2. The van der Waals surface area contributed by atoms with Crippen LogP contribution in [0, 0.1) is 5.92 Å². The predicted octanol–water partition coefficient (Wildman–Crippen LogP) is 3.37. The van der Waals surface area contributed by atoms with Crippen molar-refractivity contribution in [2.45, 2.75) is 52.0 Å². The average molecular weight is 290 g/mol. The molecule has 0 spiro atoms. The van der Waals surface area contributed by atoms with Gasteiger partial charge in [0.05, 0.1) is 12.3 Å². The molecule has 1 aromatic carbocycles. The minimum atomic E-state index is -0.0323. The van der Waals surface area contributed by atoms with Gasteiger partial charge in [0.15, 0.2) is 0 Å². The van der Waals surface area contributed by atoms with Crippen LogP contribution in [0.15, 0.2) is 18.2 Å². The molecule has 1 aromatic rings. The van der Waals surface area contributed by atoms with Gasteiger partial charge in [0.25, 0.3) is 5.91 Å². The first-order chi connectivity index (χ1) is 10.1. The van der Waals surface area contributed by atoms with Gasteiger partial charge in [-0.3, -0.25) is 4.79 Å². The molecule has 2 atom stereocenters. The number of nitrogen functional groups attached to an aromatic ring is 1. The standard InChI is InChI=1S/C17H26N2O2/c1-3-10-21-16-11-13(8-9-14(16)18)17(20)19-15-7-5-4-6-12(15)2/h8-9,11-12,15H,3-7,10,18H2,1-2H3,(H,19,20). The van der Waals surface area contributed by atoms with Crippen LogP contribution in [0.3, 0.4) is 0 Å². The summed E-state index contributed by atoms with van der Waals surface area (Å²) < 4.78 is 5.58. The molecule has 1 fully saturated rings. The highest BCUT2D eigenvalue weighted by atomic mass is 16.5. The fraction of sp³-hybridized carbons (Fsp3) is 0.588. The average Bonchev–Trinajstić information content (AvgIpc) is 2.48. The van der Waals surface area contributed by atoms with Gasteiger partial charge in [-0.05, 0) is 43.4 Å². The van der Waals surface area contributed by atoms with Crippen molar-refractivity contribution in [1.82, 2.24) is 5.32 Å². The topological polar surface area (TPSA) is 64.3 Å². The highest BCUT2D eigenvalue weighted by Crippen LogP contribution is 2.26. The van der Waals surface area contributed by atoms with Crippen molar-refractivity contribution < 1.29 is 9.53 Å². The quantitative estimate of drug-likeness (QED) is 0.817. The third-order valence-corrected chi connectivity index (χ3v) is 4.17. The highest BCUT2D eigenvalue weighted by Gasteiger charge is 2.23. The zero-order valence-electron chi connectivity index (χ0n) is 13.0. The summed E-state index contributed by atoms with van der Waals surface area (Å²) in [4.78, 5) is 12.4. The number of ether oxygens (including phenoxy) is 1. The Hall–Kier alpha value is -1.71. The van der Waals surface area contributed by atoms with E-state index in [0.717, 1.165) is 12.8 Å². The van der Waals surface area contributed by atoms with E-state index in [1.807, 2.05) is 6.92 Å². The van der Waals surface area contributed by atoms with Gasteiger partial charge in [-0.25, -0.2) is 0 Å². The van der Waals surface area contributed by atoms with E-state index in [9.17, 15) is 4.79 Å². The lowest BCUT2D eigenvalue weighted by Crippen LogP contribution is -2.41. The number of carbonyl (C=O) groups excluding carboxylic acids is 1. The van der Waals surface area contributed by atoms with Gasteiger partial charge in [0.2, 0.25) is 0 Å². The summed E-state index contributed by atoms with van der Waals surface area (Å²) in [5, 5.41) is 3.15. The molecule has 1 aliphatic carbocycles. The van der Waals surface area contributed by atoms with Crippen LogP contribution >= 0.6 is 0 Å². The van der Waals surface area contributed by atoms with E-state index < -0.39 is 0 Å². The molecule has 0 aromatic heterocycles. The summed E-state index contributed by atoms with van der Waals surface area (Å²) in [7, 11) is 0. The maximum Gasteiger partial charge on any atom is 0.251 e. The summed E-state index contributed by atoms with van der Waals surface area (Å²) in [6.45, 7) is 4.86. The van der Waals surface area contributed by atoms with Gasteiger partial charge < -0.3 is 15.8 Å². The Morgan fingerprint density at radius 1 is 1.38 bits per heavy atom. The van der Waals surface area contributed by atoms with E-state index in [1.165, 1.54) is 19.3 Å². The van der Waals surface area contributed by atoms with Gasteiger partial charge in [-0.2, -0.15) is 0 Å². The highest BCUT2D eigenvalue weighted by molar-refractivity contribution is 5.95. The summed E-state index contributed by atoms with van der Waals surface area (Å²) in [5.41, 5.74) is 7.07. The van der Waals surface area contributed by atoms with Crippen molar-refractivity contribution in [2.24, 2.45) is 5.92 Å². The molecule has 21 heavy (non-hydrogen) atoms. The first kappa shape index (κ1) is 15.7. The van der Waals surface area contributed by atoms with Crippen LogP contribution in [0.1, 0.15) is 56.3 Å². The Kier molecular flexibility index (Phi) is 5.48. The Morgan fingerprint density at radius 2 is 2.14 bits per heavy atom. The summed E-state index contributed by atoms with van der Waals surface area (Å²) >= 11 is 0. The second kappa shape index (κ2) is 7.34. The lowest BCUT2D eigenvalue weighted by molar-refractivity contribution is 0.0910. The van der Waals surface area contributed by atoms with Crippen LogP contribution in [0.5, 0.6) is 5.75 Å². The molecule has 0 heterocycles. The molecule has 4 nitrogen and oxygen atoms in total. The van der Waals surface area contributed by atoms with Crippen LogP contribution in [0.25, 0.3) is 0 Å².